The van der Waals surface area contributed by atoms with Crippen molar-refractivity contribution in [1.29, 1.82) is 0 Å². The number of carbonyl (C=O) groups excluding carboxylic acids is 3. The van der Waals surface area contributed by atoms with Gasteiger partial charge in [-0.15, -0.1) is 0 Å². The Morgan fingerprint density at radius 1 is 1.03 bits per heavy atom. The fourth-order valence-corrected chi connectivity index (χ4v) is 3.69. The second-order valence-corrected chi connectivity index (χ2v) is 8.60. The van der Waals surface area contributed by atoms with E-state index in [4.69, 9.17) is 21.1 Å². The van der Waals surface area contributed by atoms with Crippen LogP contribution in [0.4, 0.5) is 5.69 Å². The minimum absolute atomic E-state index is 0.0527. The minimum atomic E-state index is -1.45. The summed E-state index contributed by atoms with van der Waals surface area (Å²) in [6.45, 7) is 6.02. The van der Waals surface area contributed by atoms with Gasteiger partial charge in [-0.1, -0.05) is 29.8 Å². The number of ether oxygens (including phenoxy) is 2. The van der Waals surface area contributed by atoms with E-state index >= 15 is 0 Å². The highest BCUT2D eigenvalue weighted by Crippen LogP contribution is 2.40. The number of hydrogen-bond acceptors (Lipinski definition) is 7. The molecular weight excluding hydrogens is 438 g/mol. The number of nitrogens with zero attached hydrogens (tertiary/aromatic N) is 1. The number of nitro groups is 1. The molecule has 0 saturated heterocycles. The van der Waals surface area contributed by atoms with E-state index in [1.54, 1.807) is 32.0 Å². The Bertz CT molecular complexity index is 1170. The van der Waals surface area contributed by atoms with Crippen LogP contribution in [-0.2, 0) is 14.3 Å². The summed E-state index contributed by atoms with van der Waals surface area (Å²) in [5, 5.41) is 11.6. The maximum absolute atomic E-state index is 13.5. The van der Waals surface area contributed by atoms with Crippen molar-refractivity contribution >= 4 is 34.8 Å². The van der Waals surface area contributed by atoms with Crippen molar-refractivity contribution in [1.82, 2.24) is 0 Å². The number of hydrogen-bond donors (Lipinski definition) is 0. The van der Waals surface area contributed by atoms with Crippen LogP contribution in [0, 0.1) is 10.1 Å². The average Bonchev–Trinajstić information content (AvgIpc) is 2.71. The molecule has 0 saturated carbocycles. The Morgan fingerprint density at radius 2 is 1.66 bits per heavy atom. The van der Waals surface area contributed by atoms with Gasteiger partial charge in [-0.05, 0) is 52.0 Å². The van der Waals surface area contributed by atoms with Crippen LogP contribution in [0.1, 0.15) is 48.4 Å². The number of benzene rings is 2. The van der Waals surface area contributed by atoms with Gasteiger partial charge in [0.05, 0.1) is 10.5 Å². The molecule has 0 amide bonds. The Kier molecular flexibility index (Phi) is 6.04. The number of esters is 1. The molecule has 8 nitrogen and oxygen atoms in total. The zero-order valence-electron chi connectivity index (χ0n) is 17.8. The van der Waals surface area contributed by atoms with Gasteiger partial charge < -0.3 is 9.47 Å². The molecule has 1 aliphatic rings. The monoisotopic (exact) mass is 457 g/mol. The number of Topliss-reactive ketones (excluding diaryl/α,β-unsaturated/α-hetero) is 2. The molecule has 0 atom stereocenters. The molecule has 1 aliphatic heterocycles. The van der Waals surface area contributed by atoms with E-state index in [9.17, 15) is 24.5 Å². The van der Waals surface area contributed by atoms with Crippen molar-refractivity contribution in [2.45, 2.75) is 38.9 Å². The first-order valence-electron chi connectivity index (χ1n) is 9.61. The van der Waals surface area contributed by atoms with Crippen LogP contribution in [0.25, 0.3) is 0 Å². The molecule has 1 heterocycles. The van der Waals surface area contributed by atoms with Gasteiger partial charge in [0.2, 0.25) is 11.6 Å². The highest BCUT2D eigenvalue weighted by Gasteiger charge is 2.51. The first-order valence-corrected chi connectivity index (χ1v) is 9.98. The highest BCUT2D eigenvalue weighted by atomic mass is 35.5. The summed E-state index contributed by atoms with van der Waals surface area (Å²) >= 11 is 5.85. The fraction of sp³-hybridized carbons (Fsp3) is 0.261. The summed E-state index contributed by atoms with van der Waals surface area (Å²) in [6, 6.07) is 11.5. The number of ketones is 2. The topological polar surface area (TPSA) is 113 Å². The third-order valence-electron chi connectivity index (χ3n) is 4.89. The van der Waals surface area contributed by atoms with Gasteiger partial charge in [0.15, 0.2) is 5.76 Å². The van der Waals surface area contributed by atoms with E-state index < -0.39 is 44.9 Å². The van der Waals surface area contributed by atoms with E-state index in [-0.39, 0.29) is 21.9 Å². The summed E-state index contributed by atoms with van der Waals surface area (Å²) in [5.41, 5.74) is -4.03. The number of nitro benzene ring substituents is 1. The van der Waals surface area contributed by atoms with Crippen LogP contribution in [0.5, 0.6) is 0 Å². The summed E-state index contributed by atoms with van der Waals surface area (Å²) in [6.07, 6.45) is 0. The van der Waals surface area contributed by atoms with E-state index in [0.29, 0.717) is 0 Å². The molecule has 9 heteroatoms. The molecule has 0 fully saturated rings. The smallest absolute Gasteiger partial charge is 0.343 e. The quantitative estimate of drug-likeness (QED) is 0.210. The third kappa shape index (κ3) is 4.32. The molecular formula is C23H20ClNO7. The van der Waals surface area contributed by atoms with Crippen molar-refractivity contribution in [3.63, 3.8) is 0 Å². The zero-order valence-corrected chi connectivity index (χ0v) is 18.6. The predicted octanol–water partition coefficient (Wildman–Crippen LogP) is 4.70. The van der Waals surface area contributed by atoms with Crippen LogP contribution in [-0.4, -0.2) is 33.7 Å². The van der Waals surface area contributed by atoms with Gasteiger partial charge in [0, 0.05) is 11.1 Å². The van der Waals surface area contributed by atoms with Crippen molar-refractivity contribution < 1.29 is 28.8 Å². The molecule has 0 aromatic heterocycles. The number of rotatable bonds is 5. The van der Waals surface area contributed by atoms with Gasteiger partial charge in [-0.25, -0.2) is 4.79 Å². The predicted molar refractivity (Wildman–Crippen MR) is 116 cm³/mol. The molecule has 2 aromatic rings. The first kappa shape index (κ1) is 23.3. The van der Waals surface area contributed by atoms with Crippen molar-refractivity contribution in [3.05, 3.63) is 86.1 Å². The second-order valence-electron chi connectivity index (χ2n) is 8.16. The van der Waals surface area contributed by atoms with E-state index in [1.165, 1.54) is 32.0 Å². The Balaban J connectivity index is 2.22. The summed E-state index contributed by atoms with van der Waals surface area (Å²) < 4.78 is 11.4. The lowest BCUT2D eigenvalue weighted by molar-refractivity contribution is -0.385. The Labute approximate surface area is 188 Å². The first-order chi connectivity index (χ1) is 14.8. The van der Waals surface area contributed by atoms with Crippen molar-refractivity contribution in [2.75, 3.05) is 0 Å². The lowest BCUT2D eigenvalue weighted by atomic mass is 9.82. The summed E-state index contributed by atoms with van der Waals surface area (Å²) in [5.74, 6) is -2.84. The maximum Gasteiger partial charge on any atom is 0.343 e. The molecule has 3 rings (SSSR count). The van der Waals surface area contributed by atoms with Gasteiger partial charge in [-0.2, -0.15) is 0 Å². The van der Waals surface area contributed by atoms with Crippen LogP contribution < -0.4 is 0 Å². The fourth-order valence-electron chi connectivity index (χ4n) is 3.52. The van der Waals surface area contributed by atoms with E-state index in [2.05, 4.69) is 0 Å². The van der Waals surface area contributed by atoms with Gasteiger partial charge in [0.1, 0.15) is 22.3 Å². The molecule has 32 heavy (non-hydrogen) atoms. The van der Waals surface area contributed by atoms with Crippen molar-refractivity contribution in [3.8, 4) is 0 Å². The molecule has 0 aliphatic carbocycles. The van der Waals surface area contributed by atoms with Crippen LogP contribution in [0.2, 0.25) is 5.02 Å². The molecule has 2 aromatic carbocycles. The van der Waals surface area contributed by atoms with Gasteiger partial charge in [0.25, 0.3) is 5.69 Å². The Morgan fingerprint density at radius 3 is 2.25 bits per heavy atom. The molecule has 0 N–H and O–H groups in total. The lowest BCUT2D eigenvalue weighted by Gasteiger charge is -2.41. The number of carbonyl (C=O) groups is 3. The lowest BCUT2D eigenvalue weighted by Crippen LogP contribution is -2.52. The highest BCUT2D eigenvalue weighted by molar-refractivity contribution is 6.32. The van der Waals surface area contributed by atoms with E-state index in [0.717, 1.165) is 12.1 Å². The average molecular weight is 458 g/mol. The van der Waals surface area contributed by atoms with Crippen LogP contribution in [0.3, 0.4) is 0 Å². The maximum atomic E-state index is 13.5. The largest absolute Gasteiger partial charge is 0.423 e. The van der Waals surface area contributed by atoms with Gasteiger partial charge >= 0.3 is 5.97 Å². The normalized spacial score (nSPS) is 17.1. The SMILES string of the molecule is CC1(C)OC(C)(C)C(OC(=O)c2ccccc2)=C(C(=O)c2ccc(Cl)cc2[N+](=O)[O-])C1=O. The zero-order chi connectivity index (χ0) is 23.8. The standard InChI is InChI=1S/C23H20ClNO7/c1-22(2)19(27)17(18(26)15-11-10-14(24)12-16(15)25(29)30)20(23(3,4)32-22)31-21(28)13-8-6-5-7-9-13/h5-12H,1-4H3. The number of halogens is 1. The molecule has 0 unspecified atom stereocenters. The third-order valence-corrected chi connectivity index (χ3v) is 5.13. The molecule has 0 radical (unpaired) electrons. The molecule has 0 spiro atoms. The van der Waals surface area contributed by atoms with Crippen molar-refractivity contribution in [2.24, 2.45) is 0 Å². The van der Waals surface area contributed by atoms with E-state index in [1.807, 2.05) is 0 Å². The van der Waals surface area contributed by atoms with Crippen LogP contribution in [0.15, 0.2) is 59.9 Å². The van der Waals surface area contributed by atoms with Gasteiger partial charge in [-0.3, -0.25) is 19.7 Å². The molecule has 0 bridgehead atoms. The molecule has 166 valence electrons. The summed E-state index contributed by atoms with van der Waals surface area (Å²) in [7, 11) is 0. The summed E-state index contributed by atoms with van der Waals surface area (Å²) in [4.78, 5) is 50.2. The Hall–Kier alpha value is -3.36. The van der Waals surface area contributed by atoms with Crippen LogP contribution >= 0.6 is 11.6 Å². The second kappa shape index (κ2) is 8.29. The minimum Gasteiger partial charge on any atom is -0.423 e.